The topological polar surface area (TPSA) is 115 Å². The number of aromatic nitrogens is 1. The van der Waals surface area contributed by atoms with Crippen molar-refractivity contribution in [2.75, 3.05) is 26.0 Å². The second kappa shape index (κ2) is 10.1. The molecule has 0 aliphatic heterocycles. The van der Waals surface area contributed by atoms with Crippen LogP contribution in [0.25, 0.3) is 11.3 Å². The fourth-order valence-corrected chi connectivity index (χ4v) is 4.17. The van der Waals surface area contributed by atoms with Crippen LogP contribution in [0.4, 0.5) is 5.13 Å². The van der Waals surface area contributed by atoms with E-state index in [1.807, 2.05) is 6.07 Å². The van der Waals surface area contributed by atoms with Crippen LogP contribution >= 0.6 is 11.3 Å². The summed E-state index contributed by atoms with van der Waals surface area (Å²) in [6.45, 7) is -0.237. The second-order valence-electron chi connectivity index (χ2n) is 6.55. The summed E-state index contributed by atoms with van der Waals surface area (Å²) in [5, 5.41) is 16.4. The maximum absolute atomic E-state index is 12.4. The zero-order valence-corrected chi connectivity index (χ0v) is 18.4. The normalized spacial score (nSPS) is 11.5. The van der Waals surface area contributed by atoms with Gasteiger partial charge in [-0.3, -0.25) is 9.59 Å². The third-order valence-electron chi connectivity index (χ3n) is 4.08. The lowest BCUT2D eigenvalue weighted by atomic mass is 10.1. The van der Waals surface area contributed by atoms with Gasteiger partial charge in [0.15, 0.2) is 5.13 Å². The minimum atomic E-state index is -1.37. The van der Waals surface area contributed by atoms with Crippen molar-refractivity contribution in [1.82, 2.24) is 14.6 Å². The first-order chi connectivity index (χ1) is 14.9. The van der Waals surface area contributed by atoms with Crippen LogP contribution in [0.3, 0.4) is 0 Å². The Bertz CT molecular complexity index is 1180. The molecule has 10 heteroatoms. The van der Waals surface area contributed by atoms with Crippen LogP contribution in [0.15, 0.2) is 58.8 Å². The van der Waals surface area contributed by atoms with Crippen LogP contribution in [0.2, 0.25) is 0 Å². The first-order valence-electron chi connectivity index (χ1n) is 9.11. The molecule has 2 aromatic carbocycles. The van der Waals surface area contributed by atoms with E-state index >= 15 is 0 Å². The molecule has 0 fully saturated rings. The Morgan fingerprint density at radius 3 is 2.71 bits per heavy atom. The monoisotopic (exact) mass is 453 g/mol. The summed E-state index contributed by atoms with van der Waals surface area (Å²) in [5.74, 6) is -0.867. The molecular formula is C21H19N5O3S2. The zero-order valence-electron chi connectivity index (χ0n) is 16.8. The molecule has 0 bridgehead atoms. The van der Waals surface area contributed by atoms with Crippen LogP contribution in [0, 0.1) is 11.3 Å². The molecule has 0 aliphatic rings. The Hall–Kier alpha value is -3.39. The van der Waals surface area contributed by atoms with E-state index in [1.165, 1.54) is 21.7 Å². The molecule has 1 heterocycles. The maximum atomic E-state index is 12.4. The molecule has 31 heavy (non-hydrogen) atoms. The van der Waals surface area contributed by atoms with Crippen molar-refractivity contribution in [3.63, 3.8) is 0 Å². The summed E-state index contributed by atoms with van der Waals surface area (Å²) >= 11 is 1.25. The molecule has 0 aliphatic carbocycles. The number of nitrogens with zero attached hydrogens (tertiary/aromatic N) is 3. The number of carbonyl (C=O) groups is 2. The van der Waals surface area contributed by atoms with Gasteiger partial charge in [-0.2, -0.15) is 5.26 Å². The van der Waals surface area contributed by atoms with E-state index in [0.29, 0.717) is 26.8 Å². The molecule has 0 radical (unpaired) electrons. The van der Waals surface area contributed by atoms with Crippen LogP contribution < -0.4 is 10.6 Å². The summed E-state index contributed by atoms with van der Waals surface area (Å²) in [6, 6.07) is 15.5. The maximum Gasteiger partial charge on any atom is 0.251 e. The van der Waals surface area contributed by atoms with E-state index in [-0.39, 0.29) is 6.54 Å². The standard InChI is InChI=1S/C21H19N5O3S2/c1-26(2)31(29)17-8-4-7-16(10-17)20(28)23-12-19(27)25-21-24-18(13-30-21)15-6-3-5-14(9-15)11-22/h3-10,13H,12H2,1-2H3,(H,23,28)(H,24,25,27). The van der Waals surface area contributed by atoms with E-state index < -0.39 is 22.8 Å². The van der Waals surface area contributed by atoms with Gasteiger partial charge in [0.1, 0.15) is 11.0 Å². The first kappa shape index (κ1) is 22.3. The minimum Gasteiger partial charge on any atom is -0.343 e. The van der Waals surface area contributed by atoms with Crippen molar-refractivity contribution in [1.29, 1.82) is 5.26 Å². The average molecular weight is 454 g/mol. The minimum absolute atomic E-state index is 0.237. The average Bonchev–Trinajstić information content (AvgIpc) is 3.25. The van der Waals surface area contributed by atoms with Crippen molar-refractivity contribution < 1.29 is 13.8 Å². The summed E-state index contributed by atoms with van der Waals surface area (Å²) in [7, 11) is 1.99. The summed E-state index contributed by atoms with van der Waals surface area (Å²) in [6.07, 6.45) is 0. The number of nitrogens with one attached hydrogen (secondary N) is 2. The molecule has 3 rings (SSSR count). The number of benzene rings is 2. The fourth-order valence-electron chi connectivity index (χ4n) is 2.59. The molecule has 2 amide bonds. The largest absolute Gasteiger partial charge is 0.343 e. The molecular weight excluding hydrogens is 434 g/mol. The third-order valence-corrected chi connectivity index (χ3v) is 6.16. The number of nitriles is 1. The van der Waals surface area contributed by atoms with Gasteiger partial charge in [0.05, 0.1) is 28.8 Å². The van der Waals surface area contributed by atoms with Gasteiger partial charge in [0.25, 0.3) is 5.91 Å². The van der Waals surface area contributed by atoms with Crippen LogP contribution in [0.5, 0.6) is 0 Å². The Kier molecular flexibility index (Phi) is 7.25. The molecule has 3 aromatic rings. The summed E-state index contributed by atoms with van der Waals surface area (Å²) in [4.78, 5) is 29.4. The number of amides is 2. The predicted octanol–water partition coefficient (Wildman–Crippen LogP) is 2.63. The first-order valence-corrected chi connectivity index (χ1v) is 11.1. The third kappa shape index (κ3) is 5.82. The molecule has 1 atom stereocenters. The molecule has 158 valence electrons. The van der Waals surface area contributed by atoms with E-state index in [2.05, 4.69) is 21.7 Å². The molecule has 0 spiro atoms. The number of anilines is 1. The number of hydrogen-bond donors (Lipinski definition) is 2. The van der Waals surface area contributed by atoms with Gasteiger partial charge >= 0.3 is 0 Å². The fraction of sp³-hybridized carbons (Fsp3) is 0.143. The highest BCUT2D eigenvalue weighted by atomic mass is 32.2. The lowest BCUT2D eigenvalue weighted by molar-refractivity contribution is -0.115. The van der Waals surface area contributed by atoms with E-state index in [1.54, 1.807) is 55.9 Å². The molecule has 0 saturated heterocycles. The Labute approximate surface area is 186 Å². The van der Waals surface area contributed by atoms with Crippen LogP contribution in [0.1, 0.15) is 15.9 Å². The predicted molar refractivity (Wildman–Crippen MR) is 120 cm³/mol. The Balaban J connectivity index is 1.58. The second-order valence-corrected chi connectivity index (χ2v) is 9.11. The highest BCUT2D eigenvalue weighted by Crippen LogP contribution is 2.25. The summed E-state index contributed by atoms with van der Waals surface area (Å²) in [5.41, 5.74) is 2.26. The van der Waals surface area contributed by atoms with E-state index in [0.717, 1.165) is 5.56 Å². The van der Waals surface area contributed by atoms with E-state index in [9.17, 15) is 13.8 Å². The van der Waals surface area contributed by atoms with Crippen LogP contribution in [-0.2, 0) is 15.8 Å². The molecule has 2 N–H and O–H groups in total. The number of carbonyl (C=O) groups excluding carboxylic acids is 2. The van der Waals surface area contributed by atoms with Gasteiger partial charge in [-0.1, -0.05) is 18.2 Å². The van der Waals surface area contributed by atoms with Gasteiger partial charge in [0.2, 0.25) is 5.91 Å². The van der Waals surface area contributed by atoms with Crippen LogP contribution in [-0.4, -0.2) is 46.0 Å². The van der Waals surface area contributed by atoms with Gasteiger partial charge in [-0.15, -0.1) is 11.3 Å². The number of hydrogen-bond acceptors (Lipinski definition) is 6. The van der Waals surface area contributed by atoms with Crippen molar-refractivity contribution in [2.24, 2.45) is 0 Å². The highest BCUT2D eigenvalue weighted by molar-refractivity contribution is 7.82. The lowest BCUT2D eigenvalue weighted by Crippen LogP contribution is -2.32. The van der Waals surface area contributed by atoms with Gasteiger partial charge < -0.3 is 10.6 Å². The highest BCUT2D eigenvalue weighted by Gasteiger charge is 2.13. The molecule has 1 aromatic heterocycles. The number of rotatable bonds is 7. The number of thiazole rings is 1. The smallest absolute Gasteiger partial charge is 0.251 e. The van der Waals surface area contributed by atoms with E-state index in [4.69, 9.17) is 5.26 Å². The molecule has 8 nitrogen and oxygen atoms in total. The quantitative estimate of drug-likeness (QED) is 0.571. The zero-order chi connectivity index (χ0) is 22.4. The van der Waals surface area contributed by atoms with Crippen molar-refractivity contribution in [3.05, 3.63) is 65.0 Å². The van der Waals surface area contributed by atoms with Gasteiger partial charge in [0, 0.05) is 16.5 Å². The van der Waals surface area contributed by atoms with Gasteiger partial charge in [-0.25, -0.2) is 13.5 Å². The summed E-state index contributed by atoms with van der Waals surface area (Å²) < 4.78 is 13.7. The molecule has 0 saturated carbocycles. The Morgan fingerprint density at radius 1 is 1.19 bits per heavy atom. The Morgan fingerprint density at radius 2 is 1.97 bits per heavy atom. The van der Waals surface area contributed by atoms with Crippen molar-refractivity contribution >= 4 is 39.3 Å². The lowest BCUT2D eigenvalue weighted by Gasteiger charge is -2.10. The molecule has 1 unspecified atom stereocenters. The van der Waals surface area contributed by atoms with Gasteiger partial charge in [-0.05, 0) is 44.4 Å². The van der Waals surface area contributed by atoms with Crippen molar-refractivity contribution in [2.45, 2.75) is 4.90 Å². The SMILES string of the molecule is CN(C)S(=O)c1cccc(C(=O)NCC(=O)Nc2nc(-c3cccc(C#N)c3)cs2)c1. The van der Waals surface area contributed by atoms with Crippen molar-refractivity contribution in [3.8, 4) is 17.3 Å².